The number of hydrogen-bond donors (Lipinski definition) is 2. The van der Waals surface area contributed by atoms with E-state index in [9.17, 15) is 9.90 Å². The molecule has 6 heteroatoms. The standard InChI is InChI=1S/C19H19N3O3/c23-13-9-12(10-13)19(15-6-3-4-8-20-15)21-18(24)11-16-14-5-1-2-7-17(14)25-22-16/h1-8,12-13,19,23H,9-11H2,(H,21,24). The lowest BCUT2D eigenvalue weighted by Gasteiger charge is -2.37. The lowest BCUT2D eigenvalue weighted by Crippen LogP contribution is -2.42. The molecular weight excluding hydrogens is 318 g/mol. The second-order valence-electron chi connectivity index (χ2n) is 6.49. The van der Waals surface area contributed by atoms with Crippen molar-refractivity contribution >= 4 is 16.9 Å². The molecule has 0 saturated heterocycles. The van der Waals surface area contributed by atoms with E-state index in [0.717, 1.165) is 11.1 Å². The summed E-state index contributed by atoms with van der Waals surface area (Å²) in [6, 6.07) is 12.9. The first-order chi connectivity index (χ1) is 12.2. The lowest BCUT2D eigenvalue weighted by atomic mass is 9.76. The first-order valence-corrected chi connectivity index (χ1v) is 8.42. The Kier molecular flexibility index (Phi) is 4.19. The molecule has 1 aliphatic rings. The summed E-state index contributed by atoms with van der Waals surface area (Å²) < 4.78 is 5.26. The number of aliphatic hydroxyl groups excluding tert-OH is 1. The summed E-state index contributed by atoms with van der Waals surface area (Å²) in [7, 11) is 0. The Bertz CT molecular complexity index is 872. The number of nitrogens with one attached hydrogen (secondary N) is 1. The van der Waals surface area contributed by atoms with E-state index in [0.29, 0.717) is 24.1 Å². The quantitative estimate of drug-likeness (QED) is 0.746. The molecule has 2 N–H and O–H groups in total. The van der Waals surface area contributed by atoms with Crippen molar-refractivity contribution in [2.75, 3.05) is 0 Å². The topological polar surface area (TPSA) is 88.3 Å². The summed E-state index contributed by atoms with van der Waals surface area (Å²) >= 11 is 0. The van der Waals surface area contributed by atoms with Gasteiger partial charge in [-0.3, -0.25) is 9.78 Å². The van der Waals surface area contributed by atoms with Gasteiger partial charge in [-0.1, -0.05) is 23.4 Å². The molecule has 3 aromatic rings. The number of fused-ring (bicyclic) bond motifs is 1. The van der Waals surface area contributed by atoms with Gasteiger partial charge in [-0.05, 0) is 43.0 Å². The van der Waals surface area contributed by atoms with Crippen molar-refractivity contribution in [3.63, 3.8) is 0 Å². The molecule has 0 spiro atoms. The fourth-order valence-corrected chi connectivity index (χ4v) is 3.34. The summed E-state index contributed by atoms with van der Waals surface area (Å²) in [6.07, 6.45) is 2.93. The minimum Gasteiger partial charge on any atom is -0.393 e. The SMILES string of the molecule is O=C(Cc1noc2ccccc12)NC(c1ccccn1)C1CC(O)C1. The van der Waals surface area contributed by atoms with Crippen LogP contribution in [-0.4, -0.2) is 27.3 Å². The second-order valence-corrected chi connectivity index (χ2v) is 6.49. The van der Waals surface area contributed by atoms with Gasteiger partial charge >= 0.3 is 0 Å². The van der Waals surface area contributed by atoms with E-state index in [1.165, 1.54) is 0 Å². The average Bonchev–Trinajstić information content (AvgIpc) is 3.01. The fourth-order valence-electron chi connectivity index (χ4n) is 3.34. The Balaban J connectivity index is 1.50. The summed E-state index contributed by atoms with van der Waals surface area (Å²) in [5.41, 5.74) is 2.12. The lowest BCUT2D eigenvalue weighted by molar-refractivity contribution is -0.122. The number of nitrogens with zero attached hydrogens (tertiary/aromatic N) is 2. The molecule has 4 rings (SSSR count). The first kappa shape index (κ1) is 15.8. The molecule has 1 fully saturated rings. The molecule has 1 unspecified atom stereocenters. The highest BCUT2D eigenvalue weighted by Gasteiger charge is 2.36. The predicted molar refractivity (Wildman–Crippen MR) is 91.6 cm³/mol. The fraction of sp³-hybridized carbons (Fsp3) is 0.316. The highest BCUT2D eigenvalue weighted by molar-refractivity contribution is 5.86. The van der Waals surface area contributed by atoms with E-state index in [-0.39, 0.29) is 30.4 Å². The number of benzene rings is 1. The Morgan fingerprint density at radius 3 is 2.80 bits per heavy atom. The van der Waals surface area contributed by atoms with Crippen molar-refractivity contribution in [2.24, 2.45) is 5.92 Å². The number of para-hydroxylation sites is 1. The van der Waals surface area contributed by atoms with Crippen LogP contribution in [-0.2, 0) is 11.2 Å². The molecule has 0 radical (unpaired) electrons. The van der Waals surface area contributed by atoms with Gasteiger partial charge in [0.05, 0.1) is 24.3 Å². The van der Waals surface area contributed by atoms with Crippen LogP contribution in [0.2, 0.25) is 0 Å². The molecule has 1 amide bonds. The normalized spacial score (nSPS) is 20.8. The molecule has 128 valence electrons. The summed E-state index contributed by atoms with van der Waals surface area (Å²) in [5.74, 6) is 0.0685. The number of carbonyl (C=O) groups is 1. The van der Waals surface area contributed by atoms with E-state index < -0.39 is 0 Å². The van der Waals surface area contributed by atoms with Gasteiger partial charge < -0.3 is 14.9 Å². The summed E-state index contributed by atoms with van der Waals surface area (Å²) in [6.45, 7) is 0. The van der Waals surface area contributed by atoms with Crippen LogP contribution in [0.15, 0.2) is 53.2 Å². The van der Waals surface area contributed by atoms with Crippen LogP contribution in [0.25, 0.3) is 11.0 Å². The molecule has 1 atom stereocenters. The number of pyridine rings is 1. The maximum Gasteiger partial charge on any atom is 0.226 e. The van der Waals surface area contributed by atoms with Crippen molar-refractivity contribution in [1.82, 2.24) is 15.5 Å². The van der Waals surface area contributed by atoms with E-state index in [1.807, 2.05) is 42.5 Å². The minimum absolute atomic E-state index is 0.129. The number of aliphatic hydroxyl groups is 1. The monoisotopic (exact) mass is 337 g/mol. The number of rotatable bonds is 5. The third-order valence-corrected chi connectivity index (χ3v) is 4.72. The third kappa shape index (κ3) is 3.25. The molecule has 1 saturated carbocycles. The Morgan fingerprint density at radius 1 is 1.24 bits per heavy atom. The maximum absolute atomic E-state index is 12.6. The van der Waals surface area contributed by atoms with Gasteiger partial charge in [-0.15, -0.1) is 0 Å². The predicted octanol–water partition coefficient (Wildman–Crippen LogP) is 2.39. The Morgan fingerprint density at radius 2 is 2.04 bits per heavy atom. The van der Waals surface area contributed by atoms with Gasteiger partial charge in [0.25, 0.3) is 0 Å². The van der Waals surface area contributed by atoms with Crippen molar-refractivity contribution < 1.29 is 14.4 Å². The molecule has 1 aromatic carbocycles. The summed E-state index contributed by atoms with van der Waals surface area (Å²) in [4.78, 5) is 17.0. The summed E-state index contributed by atoms with van der Waals surface area (Å²) in [5, 5.41) is 17.6. The first-order valence-electron chi connectivity index (χ1n) is 8.42. The van der Waals surface area contributed by atoms with Crippen LogP contribution in [0.3, 0.4) is 0 Å². The van der Waals surface area contributed by atoms with Gasteiger partial charge in [0.2, 0.25) is 5.91 Å². The molecule has 0 bridgehead atoms. The van der Waals surface area contributed by atoms with Crippen LogP contribution in [0.5, 0.6) is 0 Å². The van der Waals surface area contributed by atoms with E-state index in [1.54, 1.807) is 6.20 Å². The molecule has 2 heterocycles. The number of amides is 1. The van der Waals surface area contributed by atoms with Crippen molar-refractivity contribution in [3.05, 3.63) is 60.0 Å². The van der Waals surface area contributed by atoms with Gasteiger partial charge in [-0.25, -0.2) is 0 Å². The minimum atomic E-state index is -0.285. The smallest absolute Gasteiger partial charge is 0.226 e. The highest BCUT2D eigenvalue weighted by atomic mass is 16.5. The Hall–Kier alpha value is -2.73. The molecule has 25 heavy (non-hydrogen) atoms. The van der Waals surface area contributed by atoms with Gasteiger partial charge in [0, 0.05) is 11.6 Å². The van der Waals surface area contributed by atoms with Crippen molar-refractivity contribution in [2.45, 2.75) is 31.4 Å². The second kappa shape index (κ2) is 6.64. The average molecular weight is 337 g/mol. The largest absolute Gasteiger partial charge is 0.393 e. The van der Waals surface area contributed by atoms with Gasteiger partial charge in [0.1, 0.15) is 5.69 Å². The molecular formula is C19H19N3O3. The van der Waals surface area contributed by atoms with Crippen LogP contribution >= 0.6 is 0 Å². The van der Waals surface area contributed by atoms with Crippen molar-refractivity contribution in [1.29, 1.82) is 0 Å². The van der Waals surface area contributed by atoms with Gasteiger partial charge in [0.15, 0.2) is 5.58 Å². The highest BCUT2D eigenvalue weighted by Crippen LogP contribution is 2.37. The zero-order valence-corrected chi connectivity index (χ0v) is 13.6. The third-order valence-electron chi connectivity index (χ3n) is 4.72. The number of carbonyl (C=O) groups excluding carboxylic acids is 1. The number of aromatic nitrogens is 2. The Labute approximate surface area is 144 Å². The molecule has 1 aliphatic carbocycles. The van der Waals surface area contributed by atoms with Crippen LogP contribution in [0.1, 0.15) is 30.3 Å². The molecule has 0 aliphatic heterocycles. The maximum atomic E-state index is 12.6. The zero-order valence-electron chi connectivity index (χ0n) is 13.6. The van der Waals surface area contributed by atoms with Crippen LogP contribution < -0.4 is 5.32 Å². The van der Waals surface area contributed by atoms with E-state index in [2.05, 4.69) is 15.5 Å². The van der Waals surface area contributed by atoms with Crippen LogP contribution in [0, 0.1) is 5.92 Å². The van der Waals surface area contributed by atoms with Crippen molar-refractivity contribution in [3.8, 4) is 0 Å². The van der Waals surface area contributed by atoms with Crippen LogP contribution in [0.4, 0.5) is 0 Å². The molecule has 2 aromatic heterocycles. The number of hydrogen-bond acceptors (Lipinski definition) is 5. The van der Waals surface area contributed by atoms with E-state index >= 15 is 0 Å². The van der Waals surface area contributed by atoms with E-state index in [4.69, 9.17) is 4.52 Å². The molecule has 6 nitrogen and oxygen atoms in total. The van der Waals surface area contributed by atoms with Gasteiger partial charge in [-0.2, -0.15) is 0 Å². The zero-order chi connectivity index (χ0) is 17.2.